The molecule has 3 aromatic rings. The summed E-state index contributed by atoms with van der Waals surface area (Å²) in [4.78, 5) is 25.8. The molecule has 0 amide bonds. The molecular weight excluding hydrogens is 605 g/mol. The SMILES string of the molecule is CCOC(=O)C(OP(=O)(NC1CCCCC1)OC[C@H]1O[C@@H](n2cnc3c(OCC)nc(N)nc32)[C@](C)(N)[C@@H]1O)c1ccccc1. The fourth-order valence-electron chi connectivity index (χ4n) is 5.69. The first-order chi connectivity index (χ1) is 21.6. The fourth-order valence-corrected chi connectivity index (χ4v) is 7.42. The lowest BCUT2D eigenvalue weighted by molar-refractivity contribution is -0.152. The number of anilines is 1. The van der Waals surface area contributed by atoms with Crippen molar-refractivity contribution in [3.63, 3.8) is 0 Å². The lowest BCUT2D eigenvalue weighted by Gasteiger charge is -2.31. The Balaban J connectivity index is 1.40. The fraction of sp³-hybridized carbons (Fsp3) is 0.586. The Labute approximate surface area is 261 Å². The van der Waals surface area contributed by atoms with Gasteiger partial charge in [0.1, 0.15) is 12.2 Å². The number of carbonyl (C=O) groups excluding carboxylic acids is 1. The minimum Gasteiger partial charge on any atom is -0.476 e. The van der Waals surface area contributed by atoms with Crippen LogP contribution >= 0.6 is 7.75 Å². The van der Waals surface area contributed by atoms with Gasteiger partial charge in [0.25, 0.3) is 0 Å². The Morgan fingerprint density at radius 1 is 1.20 bits per heavy atom. The number of nitrogen functional groups attached to an aromatic ring is 1. The second kappa shape index (κ2) is 14.1. The zero-order chi connectivity index (χ0) is 32.2. The maximum absolute atomic E-state index is 14.4. The summed E-state index contributed by atoms with van der Waals surface area (Å²) in [7, 11) is -4.20. The summed E-state index contributed by atoms with van der Waals surface area (Å²) in [5.41, 5.74) is 12.3. The minimum atomic E-state index is -4.20. The molecule has 2 fully saturated rings. The summed E-state index contributed by atoms with van der Waals surface area (Å²) in [6, 6.07) is 8.49. The normalized spacial score (nSPS) is 26.0. The first kappa shape index (κ1) is 33.2. The largest absolute Gasteiger partial charge is 0.476 e. The highest BCUT2D eigenvalue weighted by Gasteiger charge is 2.53. The number of benzene rings is 1. The van der Waals surface area contributed by atoms with Crippen molar-refractivity contribution in [1.82, 2.24) is 24.6 Å². The van der Waals surface area contributed by atoms with Gasteiger partial charge in [-0.25, -0.2) is 19.4 Å². The Bertz CT molecular complexity index is 1500. The van der Waals surface area contributed by atoms with E-state index in [1.807, 2.05) is 0 Å². The number of nitrogens with two attached hydrogens (primary N) is 2. The molecule has 5 rings (SSSR count). The first-order valence-electron chi connectivity index (χ1n) is 15.2. The Kier molecular flexibility index (Phi) is 10.4. The number of rotatable bonds is 13. The number of imidazole rings is 1. The molecule has 6 N–H and O–H groups in total. The van der Waals surface area contributed by atoms with Crippen LogP contribution in [-0.4, -0.2) is 74.2 Å². The summed E-state index contributed by atoms with van der Waals surface area (Å²) >= 11 is 0. The summed E-state index contributed by atoms with van der Waals surface area (Å²) in [6.07, 6.45) is 1.34. The van der Waals surface area contributed by atoms with Gasteiger partial charge in [0.15, 0.2) is 23.5 Å². The van der Waals surface area contributed by atoms with Gasteiger partial charge in [-0.1, -0.05) is 49.6 Å². The van der Waals surface area contributed by atoms with E-state index in [1.54, 1.807) is 55.7 Å². The number of fused-ring (bicyclic) bond motifs is 1. The average molecular weight is 648 g/mol. The van der Waals surface area contributed by atoms with E-state index in [-0.39, 0.29) is 31.1 Å². The van der Waals surface area contributed by atoms with Crippen LogP contribution in [-0.2, 0) is 27.9 Å². The lowest BCUT2D eigenvalue weighted by atomic mass is 9.93. The molecule has 1 aliphatic heterocycles. The van der Waals surface area contributed by atoms with Gasteiger partial charge in [-0.3, -0.25) is 13.6 Å². The van der Waals surface area contributed by atoms with E-state index in [2.05, 4.69) is 20.0 Å². The molecule has 16 heteroatoms. The molecule has 0 spiro atoms. The molecule has 1 aromatic carbocycles. The zero-order valence-corrected chi connectivity index (χ0v) is 26.6. The summed E-state index contributed by atoms with van der Waals surface area (Å²) in [5, 5.41) is 14.4. The van der Waals surface area contributed by atoms with Crippen molar-refractivity contribution in [2.45, 2.75) is 89.0 Å². The summed E-state index contributed by atoms with van der Waals surface area (Å²) < 4.78 is 45.0. The van der Waals surface area contributed by atoms with Gasteiger partial charge in [0, 0.05) is 6.04 Å². The summed E-state index contributed by atoms with van der Waals surface area (Å²) in [5.74, 6) is -0.534. The first-order valence-corrected chi connectivity index (χ1v) is 16.8. The van der Waals surface area contributed by atoms with E-state index >= 15 is 0 Å². The highest BCUT2D eigenvalue weighted by Crippen LogP contribution is 2.51. The van der Waals surface area contributed by atoms with E-state index in [0.29, 0.717) is 23.3 Å². The highest BCUT2D eigenvalue weighted by molar-refractivity contribution is 7.51. The molecule has 15 nitrogen and oxygen atoms in total. The molecule has 246 valence electrons. The number of nitrogens with one attached hydrogen (secondary N) is 1. The van der Waals surface area contributed by atoms with Crippen LogP contribution in [0.25, 0.3) is 11.2 Å². The highest BCUT2D eigenvalue weighted by atomic mass is 31.2. The van der Waals surface area contributed by atoms with Gasteiger partial charge >= 0.3 is 13.7 Å². The van der Waals surface area contributed by atoms with Crippen LogP contribution in [0.3, 0.4) is 0 Å². The molecule has 1 aliphatic carbocycles. The molecule has 1 saturated heterocycles. The molecule has 2 aromatic heterocycles. The predicted molar refractivity (Wildman–Crippen MR) is 164 cm³/mol. The third-order valence-electron chi connectivity index (χ3n) is 7.97. The quantitative estimate of drug-likeness (QED) is 0.155. The van der Waals surface area contributed by atoms with Crippen molar-refractivity contribution < 1.29 is 37.7 Å². The second-order valence-corrected chi connectivity index (χ2v) is 13.1. The van der Waals surface area contributed by atoms with Crippen LogP contribution in [0.1, 0.15) is 70.8 Å². The monoisotopic (exact) mass is 647 g/mol. The summed E-state index contributed by atoms with van der Waals surface area (Å²) in [6.45, 7) is 5.17. The maximum Gasteiger partial charge on any atom is 0.407 e. The van der Waals surface area contributed by atoms with Crippen molar-refractivity contribution >= 4 is 30.8 Å². The number of hydrogen-bond acceptors (Lipinski definition) is 13. The van der Waals surface area contributed by atoms with E-state index in [1.165, 1.54) is 6.33 Å². The molecule has 2 aliphatic rings. The van der Waals surface area contributed by atoms with E-state index in [9.17, 15) is 14.5 Å². The molecule has 0 radical (unpaired) electrons. The van der Waals surface area contributed by atoms with Crippen molar-refractivity contribution in [2.24, 2.45) is 5.73 Å². The van der Waals surface area contributed by atoms with Crippen molar-refractivity contribution in [3.05, 3.63) is 42.2 Å². The number of nitrogens with zero attached hydrogens (tertiary/aromatic N) is 4. The number of ether oxygens (including phenoxy) is 3. The van der Waals surface area contributed by atoms with Gasteiger partial charge in [0.2, 0.25) is 11.8 Å². The van der Waals surface area contributed by atoms with Crippen LogP contribution in [0.5, 0.6) is 5.88 Å². The van der Waals surface area contributed by atoms with Crippen LogP contribution < -0.4 is 21.3 Å². The molecule has 2 unspecified atom stereocenters. The number of hydrogen-bond donors (Lipinski definition) is 4. The number of carbonyl (C=O) groups is 1. The van der Waals surface area contributed by atoms with Gasteiger partial charge in [-0.2, -0.15) is 9.97 Å². The molecule has 0 bridgehead atoms. The number of aliphatic hydroxyl groups is 1. The molecule has 3 heterocycles. The Hall–Kier alpha value is -3.17. The molecule has 45 heavy (non-hydrogen) atoms. The van der Waals surface area contributed by atoms with Crippen LogP contribution in [0.4, 0.5) is 5.95 Å². The zero-order valence-electron chi connectivity index (χ0n) is 25.7. The molecular formula is C29H42N7O8P. The van der Waals surface area contributed by atoms with Crippen molar-refractivity contribution in [2.75, 3.05) is 25.6 Å². The van der Waals surface area contributed by atoms with Crippen molar-refractivity contribution in [3.8, 4) is 5.88 Å². The lowest BCUT2D eigenvalue weighted by Crippen LogP contribution is -2.52. The number of aliphatic hydroxyl groups excluding tert-OH is 1. The predicted octanol–water partition coefficient (Wildman–Crippen LogP) is 3.15. The van der Waals surface area contributed by atoms with E-state index in [4.69, 9.17) is 34.7 Å². The second-order valence-electron chi connectivity index (χ2n) is 11.4. The van der Waals surface area contributed by atoms with E-state index < -0.39 is 43.8 Å². The standard InChI is InChI=1S/C29H42N7O8P/c1-4-40-25-21-24(33-28(30)34-25)36(17-32-21)27-29(3,31)23(37)20(43-27)16-42-45(39,35-19-14-10-7-11-15-19)44-22(26(38)41-5-2)18-12-8-6-9-13-18/h6,8-9,12-13,17,19-20,22-23,27,37H,4-5,7,10-11,14-16,31H2,1-3H3,(H,35,39)(H2,30,33,34)/t20-,22?,23-,27-,29-,45?/m1/s1. The van der Waals surface area contributed by atoms with Gasteiger partial charge in [-0.15, -0.1) is 0 Å². The maximum atomic E-state index is 14.4. The topological polar surface area (TPSA) is 208 Å². The van der Waals surface area contributed by atoms with Gasteiger partial charge in [0.05, 0.1) is 31.7 Å². The van der Waals surface area contributed by atoms with Gasteiger partial charge < -0.3 is 30.8 Å². The minimum absolute atomic E-state index is 0.0358. The van der Waals surface area contributed by atoms with Gasteiger partial charge in [-0.05, 0) is 39.2 Å². The number of aromatic nitrogens is 4. The van der Waals surface area contributed by atoms with Crippen LogP contribution in [0.2, 0.25) is 0 Å². The van der Waals surface area contributed by atoms with E-state index in [0.717, 1.165) is 32.1 Å². The average Bonchev–Trinajstić information content (AvgIpc) is 3.53. The van der Waals surface area contributed by atoms with Crippen LogP contribution in [0.15, 0.2) is 36.7 Å². The third-order valence-corrected chi connectivity index (χ3v) is 9.63. The molecule has 1 saturated carbocycles. The number of esters is 1. The van der Waals surface area contributed by atoms with Crippen LogP contribution in [0, 0.1) is 0 Å². The Morgan fingerprint density at radius 3 is 2.62 bits per heavy atom. The Morgan fingerprint density at radius 2 is 1.93 bits per heavy atom. The molecule has 6 atom stereocenters. The van der Waals surface area contributed by atoms with Crippen molar-refractivity contribution in [1.29, 1.82) is 0 Å². The smallest absolute Gasteiger partial charge is 0.407 e. The third kappa shape index (κ3) is 7.30.